The molecule has 0 spiro atoms. The molecule has 0 saturated carbocycles. The minimum absolute atomic E-state index is 0.00232. The Bertz CT molecular complexity index is 750. The molecular formula is C23H37N3O4. The molecule has 7 heteroatoms. The molecule has 0 radical (unpaired) electrons. The second-order valence-corrected chi connectivity index (χ2v) is 9.31. The van der Waals surface area contributed by atoms with Crippen LogP contribution in [0.5, 0.6) is 0 Å². The normalized spacial score (nSPS) is 20.3. The molecule has 0 bridgehead atoms. The average molecular weight is 420 g/mol. The van der Waals surface area contributed by atoms with Gasteiger partial charge in [-0.2, -0.15) is 0 Å². The molecule has 1 amide bonds. The third-order valence-electron chi connectivity index (χ3n) is 6.23. The van der Waals surface area contributed by atoms with Crippen molar-refractivity contribution < 1.29 is 19.8 Å². The number of nitrogens with zero attached hydrogens (tertiary/aromatic N) is 2. The Morgan fingerprint density at radius 1 is 1.27 bits per heavy atom. The number of para-hydroxylation sites is 1. The van der Waals surface area contributed by atoms with Crippen LogP contribution >= 0.6 is 0 Å². The summed E-state index contributed by atoms with van der Waals surface area (Å²) in [6.07, 6.45) is 0.00645. The lowest BCUT2D eigenvalue weighted by Gasteiger charge is -2.48. The van der Waals surface area contributed by atoms with Crippen molar-refractivity contribution >= 4 is 17.6 Å². The highest BCUT2D eigenvalue weighted by Gasteiger charge is 2.40. The fourth-order valence-electron chi connectivity index (χ4n) is 4.11. The number of carbonyl (C=O) groups is 2. The van der Waals surface area contributed by atoms with Gasteiger partial charge in [-0.15, -0.1) is 0 Å². The monoisotopic (exact) mass is 419 g/mol. The molecule has 3 atom stereocenters. The molecule has 1 aliphatic heterocycles. The molecule has 30 heavy (non-hydrogen) atoms. The van der Waals surface area contributed by atoms with Crippen LogP contribution in [0.2, 0.25) is 0 Å². The van der Waals surface area contributed by atoms with Crippen LogP contribution in [0.3, 0.4) is 0 Å². The summed E-state index contributed by atoms with van der Waals surface area (Å²) < 4.78 is 0. The Labute approximate surface area is 179 Å². The van der Waals surface area contributed by atoms with E-state index in [2.05, 4.69) is 20.8 Å². The highest BCUT2D eigenvalue weighted by molar-refractivity contribution is 5.96. The lowest BCUT2D eigenvalue weighted by atomic mass is 9.87. The van der Waals surface area contributed by atoms with E-state index in [1.807, 2.05) is 47.9 Å². The van der Waals surface area contributed by atoms with Gasteiger partial charge in [-0.05, 0) is 44.2 Å². The lowest BCUT2D eigenvalue weighted by Crippen LogP contribution is -2.64. The van der Waals surface area contributed by atoms with Gasteiger partial charge in [0.15, 0.2) is 0 Å². The number of amides is 1. The number of hydrogen-bond acceptors (Lipinski definition) is 5. The van der Waals surface area contributed by atoms with Gasteiger partial charge in [-0.3, -0.25) is 14.5 Å². The van der Waals surface area contributed by atoms with Crippen LogP contribution < -0.4 is 10.6 Å². The topological polar surface area (TPSA) is 107 Å². The van der Waals surface area contributed by atoms with Gasteiger partial charge in [0.25, 0.3) is 0 Å². The zero-order valence-corrected chi connectivity index (χ0v) is 18.8. The second kappa shape index (κ2) is 9.90. The van der Waals surface area contributed by atoms with E-state index in [1.54, 1.807) is 0 Å². The zero-order chi connectivity index (χ0) is 22.6. The first kappa shape index (κ1) is 24.3. The number of anilines is 1. The van der Waals surface area contributed by atoms with Crippen LogP contribution in [0.25, 0.3) is 0 Å². The molecule has 3 unspecified atom stereocenters. The number of rotatable bonds is 9. The van der Waals surface area contributed by atoms with E-state index in [-0.39, 0.29) is 30.3 Å². The molecule has 1 aromatic carbocycles. The average Bonchev–Trinajstić information content (AvgIpc) is 2.67. The lowest BCUT2D eigenvalue weighted by molar-refractivity contribution is -0.144. The minimum Gasteiger partial charge on any atom is -0.481 e. The smallest absolute Gasteiger partial charge is 0.306 e. The molecule has 1 fully saturated rings. The predicted octanol–water partition coefficient (Wildman–Crippen LogP) is 2.11. The van der Waals surface area contributed by atoms with Gasteiger partial charge in [0.2, 0.25) is 5.91 Å². The van der Waals surface area contributed by atoms with E-state index in [1.165, 1.54) is 0 Å². The van der Waals surface area contributed by atoms with E-state index >= 15 is 0 Å². The number of aliphatic carboxylic acids is 1. The van der Waals surface area contributed by atoms with Crippen LogP contribution in [0, 0.1) is 11.8 Å². The fraction of sp³-hybridized carbons (Fsp3) is 0.652. The van der Waals surface area contributed by atoms with Crippen LogP contribution in [-0.4, -0.2) is 64.3 Å². The SMILES string of the molecule is CCc1ccccc1N1CC(C)(C)N(CC(N)C(O)CC(C(=O)O)C(C)C)CC1=O. The Balaban J connectivity index is 2.09. The molecule has 7 nitrogen and oxygen atoms in total. The summed E-state index contributed by atoms with van der Waals surface area (Å²) in [6, 6.07) is 7.32. The van der Waals surface area contributed by atoms with Crippen LogP contribution in [0.1, 0.15) is 46.6 Å². The number of piperazine rings is 1. The van der Waals surface area contributed by atoms with Crippen molar-refractivity contribution in [3.05, 3.63) is 29.8 Å². The largest absolute Gasteiger partial charge is 0.481 e. The maximum atomic E-state index is 13.0. The Kier molecular flexibility index (Phi) is 8.02. The number of aliphatic hydroxyl groups is 1. The third kappa shape index (κ3) is 5.59. The third-order valence-corrected chi connectivity index (χ3v) is 6.23. The molecular weight excluding hydrogens is 382 g/mol. The molecule has 4 N–H and O–H groups in total. The summed E-state index contributed by atoms with van der Waals surface area (Å²) in [5.41, 5.74) is 7.99. The van der Waals surface area contributed by atoms with E-state index in [0.29, 0.717) is 13.1 Å². The van der Waals surface area contributed by atoms with Gasteiger partial charge in [0.1, 0.15) is 0 Å². The van der Waals surface area contributed by atoms with Crippen molar-refractivity contribution in [2.75, 3.05) is 24.5 Å². The quantitative estimate of drug-likeness (QED) is 0.566. The van der Waals surface area contributed by atoms with Gasteiger partial charge >= 0.3 is 5.97 Å². The van der Waals surface area contributed by atoms with Crippen molar-refractivity contribution in [1.82, 2.24) is 4.90 Å². The maximum absolute atomic E-state index is 13.0. The second-order valence-electron chi connectivity index (χ2n) is 9.31. The zero-order valence-electron chi connectivity index (χ0n) is 18.8. The maximum Gasteiger partial charge on any atom is 0.306 e. The number of aryl methyl sites for hydroxylation is 1. The van der Waals surface area contributed by atoms with Gasteiger partial charge < -0.3 is 20.8 Å². The van der Waals surface area contributed by atoms with Crippen LogP contribution in [0.15, 0.2) is 24.3 Å². The fourth-order valence-corrected chi connectivity index (χ4v) is 4.11. The number of benzene rings is 1. The van der Waals surface area contributed by atoms with E-state index in [9.17, 15) is 19.8 Å². The first-order chi connectivity index (χ1) is 14.0. The number of aliphatic hydroxyl groups excluding tert-OH is 1. The Morgan fingerprint density at radius 2 is 1.90 bits per heavy atom. The first-order valence-electron chi connectivity index (χ1n) is 10.8. The van der Waals surface area contributed by atoms with Gasteiger partial charge in [-0.25, -0.2) is 0 Å². The van der Waals surface area contributed by atoms with E-state index in [0.717, 1.165) is 17.7 Å². The summed E-state index contributed by atoms with van der Waals surface area (Å²) in [5.74, 6) is -1.66. The van der Waals surface area contributed by atoms with Crippen LogP contribution in [0.4, 0.5) is 5.69 Å². The number of carbonyl (C=O) groups excluding carboxylic acids is 1. The van der Waals surface area contributed by atoms with Crippen molar-refractivity contribution in [2.45, 2.75) is 65.1 Å². The Morgan fingerprint density at radius 3 is 2.47 bits per heavy atom. The number of hydrogen-bond donors (Lipinski definition) is 3. The predicted molar refractivity (Wildman–Crippen MR) is 118 cm³/mol. The molecule has 168 valence electrons. The van der Waals surface area contributed by atoms with Crippen molar-refractivity contribution in [1.29, 1.82) is 0 Å². The molecule has 0 aromatic heterocycles. The molecule has 2 rings (SSSR count). The summed E-state index contributed by atoms with van der Waals surface area (Å²) in [6.45, 7) is 10.9. The van der Waals surface area contributed by atoms with Crippen LogP contribution in [-0.2, 0) is 16.0 Å². The summed E-state index contributed by atoms with van der Waals surface area (Å²) >= 11 is 0. The summed E-state index contributed by atoms with van der Waals surface area (Å²) in [5, 5.41) is 19.9. The molecule has 1 saturated heterocycles. The summed E-state index contributed by atoms with van der Waals surface area (Å²) in [4.78, 5) is 28.3. The molecule has 1 aliphatic rings. The molecule has 0 aliphatic carbocycles. The van der Waals surface area contributed by atoms with Gasteiger partial charge in [0.05, 0.1) is 18.6 Å². The molecule has 1 heterocycles. The summed E-state index contributed by atoms with van der Waals surface area (Å²) in [7, 11) is 0. The highest BCUT2D eigenvalue weighted by Crippen LogP contribution is 2.29. The van der Waals surface area contributed by atoms with E-state index < -0.39 is 24.0 Å². The number of carboxylic acid groups (broad SMARTS) is 1. The number of nitrogens with two attached hydrogens (primary N) is 1. The van der Waals surface area contributed by atoms with E-state index in [4.69, 9.17) is 5.73 Å². The van der Waals surface area contributed by atoms with Gasteiger partial charge in [0, 0.05) is 30.4 Å². The minimum atomic E-state index is -0.946. The standard InChI is InChI=1S/C23H37N3O4/c1-6-16-9-7-8-10-19(16)26-14-23(4,5)25(13-21(26)28)12-18(24)20(27)11-17(15(2)3)22(29)30/h7-10,15,17-18,20,27H,6,11-14,24H2,1-5H3,(H,29,30). The van der Waals surface area contributed by atoms with Crippen molar-refractivity contribution in [3.63, 3.8) is 0 Å². The van der Waals surface area contributed by atoms with Crippen molar-refractivity contribution in [3.8, 4) is 0 Å². The molecule has 1 aromatic rings. The first-order valence-corrected chi connectivity index (χ1v) is 10.8. The van der Waals surface area contributed by atoms with Gasteiger partial charge in [-0.1, -0.05) is 39.0 Å². The highest BCUT2D eigenvalue weighted by atomic mass is 16.4. The number of carboxylic acids is 1. The van der Waals surface area contributed by atoms with Crippen molar-refractivity contribution in [2.24, 2.45) is 17.6 Å². The Hall–Kier alpha value is -1.96.